The Balaban J connectivity index is 2.40. The number of aromatic hydroxyl groups is 2. The molecule has 2 aromatic rings. The summed E-state index contributed by atoms with van der Waals surface area (Å²) in [5.41, 5.74) is -0.0455. The molecule has 2 rings (SSSR count). The second kappa shape index (κ2) is 7.35. The van der Waals surface area contributed by atoms with Gasteiger partial charge in [0, 0.05) is 19.9 Å². The zero-order valence-electron chi connectivity index (χ0n) is 13.4. The van der Waals surface area contributed by atoms with Crippen LogP contribution < -0.4 is 14.8 Å². The number of ether oxygens (including phenoxy) is 2. The molecule has 0 atom stereocenters. The van der Waals surface area contributed by atoms with E-state index in [1.807, 2.05) is 0 Å². The Bertz CT molecular complexity index is 845. The monoisotopic (exact) mass is 345 g/mol. The Morgan fingerprint density at radius 2 is 1.64 bits per heavy atom. The third-order valence-corrected chi connectivity index (χ3v) is 2.95. The molecule has 0 aliphatic rings. The summed E-state index contributed by atoms with van der Waals surface area (Å²) >= 11 is 0. The lowest BCUT2D eigenvalue weighted by atomic mass is 10.1. The van der Waals surface area contributed by atoms with Crippen LogP contribution in [0, 0.1) is 0 Å². The first-order valence-electron chi connectivity index (χ1n) is 7.11. The van der Waals surface area contributed by atoms with Gasteiger partial charge in [-0.25, -0.2) is 0 Å². The van der Waals surface area contributed by atoms with Crippen LogP contribution in [0.5, 0.6) is 23.0 Å². The second-order valence-electron chi connectivity index (χ2n) is 4.98. The van der Waals surface area contributed by atoms with Crippen LogP contribution in [0.1, 0.15) is 24.2 Å². The van der Waals surface area contributed by atoms with Gasteiger partial charge in [-0.1, -0.05) is 6.07 Å². The topological polar surface area (TPSA) is 122 Å². The Labute approximate surface area is 142 Å². The van der Waals surface area contributed by atoms with Gasteiger partial charge in [0.25, 0.3) is 5.91 Å². The minimum atomic E-state index is -0.716. The minimum Gasteiger partial charge on any atom is -0.508 e. The number of phenolic OH excluding ortho intramolecular Hbond substituents is 2. The van der Waals surface area contributed by atoms with Crippen LogP contribution in [-0.4, -0.2) is 28.1 Å². The Kier molecular flexibility index (Phi) is 5.23. The summed E-state index contributed by atoms with van der Waals surface area (Å²) < 4.78 is 9.95. The van der Waals surface area contributed by atoms with Crippen molar-refractivity contribution < 1.29 is 34.1 Å². The Hall–Kier alpha value is -3.55. The first-order chi connectivity index (χ1) is 11.8. The molecular weight excluding hydrogens is 330 g/mol. The molecule has 0 bridgehead atoms. The number of esters is 2. The molecule has 0 aliphatic carbocycles. The van der Waals surface area contributed by atoms with Gasteiger partial charge in [0.15, 0.2) is 11.5 Å². The molecule has 8 heteroatoms. The largest absolute Gasteiger partial charge is 0.508 e. The number of amides is 1. The van der Waals surface area contributed by atoms with Crippen LogP contribution in [0.4, 0.5) is 5.69 Å². The molecule has 0 heterocycles. The summed E-state index contributed by atoms with van der Waals surface area (Å²) in [5.74, 6) is -2.91. The van der Waals surface area contributed by atoms with E-state index in [-0.39, 0.29) is 34.2 Å². The van der Waals surface area contributed by atoms with Gasteiger partial charge in [-0.2, -0.15) is 0 Å². The van der Waals surface area contributed by atoms with Crippen molar-refractivity contribution in [1.29, 1.82) is 0 Å². The number of carbonyl (C=O) groups is 3. The number of benzene rings is 2. The van der Waals surface area contributed by atoms with E-state index in [9.17, 15) is 24.6 Å². The molecule has 0 unspecified atom stereocenters. The van der Waals surface area contributed by atoms with Gasteiger partial charge in [-0.15, -0.1) is 0 Å². The molecule has 0 fully saturated rings. The number of phenols is 2. The van der Waals surface area contributed by atoms with E-state index in [2.05, 4.69) is 5.32 Å². The predicted octanol–water partition coefficient (Wildman–Crippen LogP) is 2.20. The lowest BCUT2D eigenvalue weighted by Gasteiger charge is -2.13. The van der Waals surface area contributed by atoms with Gasteiger partial charge >= 0.3 is 11.9 Å². The van der Waals surface area contributed by atoms with Crippen LogP contribution in [0.3, 0.4) is 0 Å². The van der Waals surface area contributed by atoms with Crippen molar-refractivity contribution in [3.8, 4) is 23.0 Å². The highest BCUT2D eigenvalue weighted by atomic mass is 16.6. The van der Waals surface area contributed by atoms with Crippen molar-refractivity contribution >= 4 is 23.5 Å². The summed E-state index contributed by atoms with van der Waals surface area (Å²) in [6, 6.07) is 7.79. The standard InChI is InChI=1S/C17H15NO7/c1-9(19)24-15-5-3-4-12(16(15)25-10(2)20)17(23)18-13-7-6-11(21)8-14(13)22/h3-8,21-22H,1-2H3,(H,18,23). The number of anilines is 1. The van der Waals surface area contributed by atoms with Gasteiger partial charge in [0.05, 0.1) is 11.3 Å². The van der Waals surface area contributed by atoms with Crippen LogP contribution in [0.25, 0.3) is 0 Å². The van der Waals surface area contributed by atoms with Crippen molar-refractivity contribution in [1.82, 2.24) is 0 Å². The van der Waals surface area contributed by atoms with Crippen molar-refractivity contribution in [2.24, 2.45) is 0 Å². The Morgan fingerprint density at radius 1 is 0.960 bits per heavy atom. The quantitative estimate of drug-likeness (QED) is 0.336. The molecule has 2 aromatic carbocycles. The maximum Gasteiger partial charge on any atom is 0.308 e. The molecule has 0 radical (unpaired) electrons. The molecule has 0 saturated heterocycles. The average Bonchev–Trinajstić information content (AvgIpc) is 2.50. The molecule has 25 heavy (non-hydrogen) atoms. The molecule has 0 saturated carbocycles. The van der Waals surface area contributed by atoms with Crippen molar-refractivity contribution in [2.75, 3.05) is 5.32 Å². The van der Waals surface area contributed by atoms with Gasteiger partial charge in [0.1, 0.15) is 11.5 Å². The van der Waals surface area contributed by atoms with E-state index in [1.165, 1.54) is 37.3 Å². The first-order valence-corrected chi connectivity index (χ1v) is 7.11. The Morgan fingerprint density at radius 3 is 2.24 bits per heavy atom. The SMILES string of the molecule is CC(=O)Oc1cccc(C(=O)Nc2ccc(O)cc2O)c1OC(C)=O. The lowest BCUT2D eigenvalue weighted by molar-refractivity contribution is -0.134. The zero-order chi connectivity index (χ0) is 18.6. The first kappa shape index (κ1) is 17.8. The van der Waals surface area contributed by atoms with Crippen molar-refractivity contribution in [3.05, 3.63) is 42.0 Å². The molecule has 3 N–H and O–H groups in total. The average molecular weight is 345 g/mol. The fraction of sp³-hybridized carbons (Fsp3) is 0.118. The summed E-state index contributed by atoms with van der Waals surface area (Å²) in [6.45, 7) is 2.30. The van der Waals surface area contributed by atoms with Crippen molar-refractivity contribution in [2.45, 2.75) is 13.8 Å². The highest BCUT2D eigenvalue weighted by Gasteiger charge is 2.21. The number of hydrogen-bond donors (Lipinski definition) is 3. The summed E-state index contributed by atoms with van der Waals surface area (Å²) in [4.78, 5) is 35.0. The summed E-state index contributed by atoms with van der Waals surface area (Å²) in [6.07, 6.45) is 0. The highest BCUT2D eigenvalue weighted by Crippen LogP contribution is 2.33. The summed E-state index contributed by atoms with van der Waals surface area (Å²) in [5, 5.41) is 21.4. The van der Waals surface area contributed by atoms with Crippen LogP contribution in [0.15, 0.2) is 36.4 Å². The van der Waals surface area contributed by atoms with E-state index >= 15 is 0 Å². The molecule has 0 aliphatic heterocycles. The molecule has 0 aromatic heterocycles. The number of nitrogens with one attached hydrogen (secondary N) is 1. The predicted molar refractivity (Wildman–Crippen MR) is 86.8 cm³/mol. The van der Waals surface area contributed by atoms with E-state index < -0.39 is 17.8 Å². The van der Waals surface area contributed by atoms with Gasteiger partial charge in [-0.3, -0.25) is 14.4 Å². The van der Waals surface area contributed by atoms with E-state index in [4.69, 9.17) is 9.47 Å². The lowest BCUT2D eigenvalue weighted by Crippen LogP contribution is -2.16. The van der Waals surface area contributed by atoms with Crippen LogP contribution >= 0.6 is 0 Å². The minimum absolute atomic E-state index is 0.0365. The third-order valence-electron chi connectivity index (χ3n) is 2.95. The second-order valence-corrected chi connectivity index (χ2v) is 4.98. The van der Waals surface area contributed by atoms with Gasteiger partial charge in [-0.05, 0) is 24.3 Å². The molecular formula is C17H15NO7. The molecule has 130 valence electrons. The van der Waals surface area contributed by atoms with Crippen molar-refractivity contribution in [3.63, 3.8) is 0 Å². The highest BCUT2D eigenvalue weighted by molar-refractivity contribution is 6.08. The number of rotatable bonds is 4. The van der Waals surface area contributed by atoms with E-state index in [1.54, 1.807) is 0 Å². The van der Waals surface area contributed by atoms with E-state index in [0.29, 0.717) is 0 Å². The normalized spacial score (nSPS) is 10.0. The molecule has 0 spiro atoms. The fourth-order valence-electron chi connectivity index (χ4n) is 1.99. The van der Waals surface area contributed by atoms with Crippen LogP contribution in [-0.2, 0) is 9.59 Å². The van der Waals surface area contributed by atoms with E-state index in [0.717, 1.165) is 13.0 Å². The zero-order valence-corrected chi connectivity index (χ0v) is 13.4. The summed E-state index contributed by atoms with van der Waals surface area (Å²) in [7, 11) is 0. The number of carbonyl (C=O) groups excluding carboxylic acids is 3. The fourth-order valence-corrected chi connectivity index (χ4v) is 1.99. The maximum atomic E-state index is 12.5. The smallest absolute Gasteiger partial charge is 0.308 e. The van der Waals surface area contributed by atoms with Gasteiger partial charge < -0.3 is 25.0 Å². The molecule has 1 amide bonds. The maximum absolute atomic E-state index is 12.5. The van der Waals surface area contributed by atoms with Crippen LogP contribution in [0.2, 0.25) is 0 Å². The van der Waals surface area contributed by atoms with Gasteiger partial charge in [0.2, 0.25) is 0 Å². The third kappa shape index (κ3) is 4.47. The number of para-hydroxylation sites is 1. The number of hydrogen-bond acceptors (Lipinski definition) is 7. The molecule has 8 nitrogen and oxygen atoms in total.